The molecule has 3 N–H and O–H groups in total. The minimum atomic E-state index is -4.60. The molecule has 0 aromatic carbocycles. The van der Waals surface area contributed by atoms with Crippen molar-refractivity contribution in [3.8, 4) is 0 Å². The zero-order chi connectivity index (χ0) is 26.6. The molecule has 0 spiro atoms. The standard InChI is InChI=1S/C12H19O8P.C5H9O6P/c1-7(2)11(13)17-9(5)19-21(15,16)20-10(6)18-12(14)8(3)4;1-3-5(6)10-4(2)11-12(7,8)9/h9-10H,1,3H2,2,4-6H3,(H,15,16);3-4H,1H2,2H3,(H2,7,8,9). The van der Waals surface area contributed by atoms with Crippen molar-refractivity contribution >= 4 is 33.6 Å². The van der Waals surface area contributed by atoms with Gasteiger partial charge in [0.1, 0.15) is 0 Å². The summed E-state index contributed by atoms with van der Waals surface area (Å²) in [6.45, 7) is 16.2. The average Bonchev–Trinajstić information content (AvgIpc) is 2.58. The van der Waals surface area contributed by atoms with E-state index in [0.29, 0.717) is 0 Å². The Kier molecular flexibility index (Phi) is 14.9. The van der Waals surface area contributed by atoms with E-state index in [1.807, 2.05) is 0 Å². The Morgan fingerprint density at radius 2 is 1.09 bits per heavy atom. The minimum absolute atomic E-state index is 0.0999. The van der Waals surface area contributed by atoms with Crippen LogP contribution >= 0.6 is 15.6 Å². The normalized spacial score (nSPS) is 15.3. The maximum absolute atomic E-state index is 11.6. The molecule has 0 aliphatic carbocycles. The van der Waals surface area contributed by atoms with Crippen LogP contribution in [0.3, 0.4) is 0 Å². The molecule has 0 aliphatic rings. The Morgan fingerprint density at radius 3 is 1.36 bits per heavy atom. The van der Waals surface area contributed by atoms with Crippen LogP contribution in [-0.2, 0) is 51.3 Å². The van der Waals surface area contributed by atoms with E-state index in [1.165, 1.54) is 34.6 Å². The minimum Gasteiger partial charge on any atom is -0.432 e. The van der Waals surface area contributed by atoms with E-state index in [0.717, 1.165) is 6.08 Å². The molecule has 3 unspecified atom stereocenters. The van der Waals surface area contributed by atoms with Crippen LogP contribution in [0.5, 0.6) is 0 Å². The van der Waals surface area contributed by atoms with E-state index in [2.05, 4.69) is 47.5 Å². The first kappa shape index (κ1) is 33.0. The summed E-state index contributed by atoms with van der Waals surface area (Å²) in [5, 5.41) is 0. The lowest BCUT2D eigenvalue weighted by Crippen LogP contribution is -2.21. The van der Waals surface area contributed by atoms with Gasteiger partial charge in [-0.2, -0.15) is 0 Å². The monoisotopic (exact) mass is 518 g/mol. The maximum Gasteiger partial charge on any atom is 0.478 e. The van der Waals surface area contributed by atoms with E-state index in [9.17, 15) is 28.4 Å². The molecule has 0 aromatic rings. The molecule has 190 valence electrons. The van der Waals surface area contributed by atoms with Crippen molar-refractivity contribution < 1.29 is 66.0 Å². The van der Waals surface area contributed by atoms with Gasteiger partial charge in [-0.05, 0) is 34.6 Å². The van der Waals surface area contributed by atoms with E-state index < -0.39 is 52.4 Å². The first-order valence-corrected chi connectivity index (χ1v) is 11.8. The van der Waals surface area contributed by atoms with Crippen LogP contribution in [0.1, 0.15) is 34.6 Å². The molecular weight excluding hydrogens is 490 g/mol. The molecular formula is C17H28O14P2. The van der Waals surface area contributed by atoms with Crippen LogP contribution in [0.2, 0.25) is 0 Å². The first-order valence-electron chi connectivity index (χ1n) is 8.79. The quantitative estimate of drug-likeness (QED) is 0.112. The summed E-state index contributed by atoms with van der Waals surface area (Å²) in [4.78, 5) is 58.7. The number of phosphoric ester groups is 2. The van der Waals surface area contributed by atoms with Gasteiger partial charge in [-0.25, -0.2) is 37.1 Å². The highest BCUT2D eigenvalue weighted by molar-refractivity contribution is 7.47. The van der Waals surface area contributed by atoms with Crippen molar-refractivity contribution in [3.63, 3.8) is 0 Å². The molecule has 0 bridgehead atoms. The molecule has 0 saturated carbocycles. The maximum atomic E-state index is 11.6. The van der Waals surface area contributed by atoms with Gasteiger partial charge in [-0.15, -0.1) is 0 Å². The van der Waals surface area contributed by atoms with Crippen LogP contribution < -0.4 is 0 Å². The number of esters is 3. The van der Waals surface area contributed by atoms with Gasteiger partial charge in [0.05, 0.1) is 0 Å². The van der Waals surface area contributed by atoms with Gasteiger partial charge in [0, 0.05) is 17.2 Å². The second-order valence-corrected chi connectivity index (χ2v) is 8.54. The third-order valence-electron chi connectivity index (χ3n) is 2.54. The Morgan fingerprint density at radius 1 is 0.758 bits per heavy atom. The van der Waals surface area contributed by atoms with E-state index in [-0.39, 0.29) is 11.1 Å². The van der Waals surface area contributed by atoms with E-state index >= 15 is 0 Å². The van der Waals surface area contributed by atoms with Crippen LogP contribution in [0.4, 0.5) is 0 Å². The van der Waals surface area contributed by atoms with Crippen LogP contribution in [-0.4, -0.2) is 51.5 Å². The van der Waals surface area contributed by atoms with Crippen molar-refractivity contribution in [1.29, 1.82) is 0 Å². The molecule has 0 fully saturated rings. The lowest BCUT2D eigenvalue weighted by Gasteiger charge is -2.20. The molecule has 0 radical (unpaired) electrons. The number of ether oxygens (including phenoxy) is 3. The summed E-state index contributed by atoms with van der Waals surface area (Å²) in [5.74, 6) is -2.38. The first-order chi connectivity index (χ1) is 14.8. The Bertz CT molecular complexity index is 790. The summed E-state index contributed by atoms with van der Waals surface area (Å²) in [6.07, 6.45) is -3.14. The predicted molar refractivity (Wildman–Crippen MR) is 112 cm³/mol. The highest BCUT2D eigenvalue weighted by Crippen LogP contribution is 2.46. The van der Waals surface area contributed by atoms with Crippen molar-refractivity contribution in [2.75, 3.05) is 0 Å². The summed E-state index contributed by atoms with van der Waals surface area (Å²) < 4.78 is 48.5. The fourth-order valence-corrected chi connectivity index (χ4v) is 2.69. The van der Waals surface area contributed by atoms with Crippen LogP contribution in [0.25, 0.3) is 0 Å². The second kappa shape index (κ2) is 14.9. The van der Waals surface area contributed by atoms with E-state index in [4.69, 9.17) is 9.79 Å². The number of carbonyl (C=O) groups is 3. The van der Waals surface area contributed by atoms with Crippen molar-refractivity contribution in [1.82, 2.24) is 0 Å². The Balaban J connectivity index is 0. The molecule has 14 nitrogen and oxygen atoms in total. The Hall–Kier alpha value is -2.15. The smallest absolute Gasteiger partial charge is 0.432 e. The summed E-state index contributed by atoms with van der Waals surface area (Å²) in [6, 6.07) is 0. The third-order valence-corrected chi connectivity index (χ3v) is 4.24. The van der Waals surface area contributed by atoms with Crippen LogP contribution in [0, 0.1) is 0 Å². The number of hydrogen-bond acceptors (Lipinski definition) is 11. The molecule has 0 rings (SSSR count). The fraction of sp³-hybridized carbons (Fsp3) is 0.471. The lowest BCUT2D eigenvalue weighted by atomic mass is 10.4. The van der Waals surface area contributed by atoms with Gasteiger partial charge in [0.2, 0.25) is 18.9 Å². The molecule has 33 heavy (non-hydrogen) atoms. The molecule has 0 heterocycles. The fourth-order valence-electron chi connectivity index (χ4n) is 1.37. The topological polar surface area (TPSA) is 201 Å². The number of hydrogen-bond donors (Lipinski definition) is 3. The van der Waals surface area contributed by atoms with Crippen LogP contribution in [0.15, 0.2) is 37.0 Å². The highest BCUT2D eigenvalue weighted by Gasteiger charge is 2.30. The summed E-state index contributed by atoms with van der Waals surface area (Å²) in [7, 11) is -9.19. The van der Waals surface area contributed by atoms with Gasteiger partial charge in [-0.3, -0.25) is 0 Å². The summed E-state index contributed by atoms with van der Waals surface area (Å²) >= 11 is 0. The Labute approximate surface area is 190 Å². The van der Waals surface area contributed by atoms with Crippen molar-refractivity contribution in [2.24, 2.45) is 0 Å². The van der Waals surface area contributed by atoms with Gasteiger partial charge >= 0.3 is 33.6 Å². The van der Waals surface area contributed by atoms with Gasteiger partial charge in [-0.1, -0.05) is 19.7 Å². The van der Waals surface area contributed by atoms with E-state index in [1.54, 1.807) is 0 Å². The average molecular weight is 518 g/mol. The molecule has 0 saturated heterocycles. The van der Waals surface area contributed by atoms with Crippen molar-refractivity contribution in [3.05, 3.63) is 37.0 Å². The number of phosphoric acid groups is 2. The number of rotatable bonds is 12. The van der Waals surface area contributed by atoms with Gasteiger partial charge in [0.15, 0.2) is 0 Å². The van der Waals surface area contributed by atoms with Crippen molar-refractivity contribution in [2.45, 2.75) is 53.5 Å². The van der Waals surface area contributed by atoms with Gasteiger partial charge < -0.3 is 28.9 Å². The number of carbonyl (C=O) groups excluding carboxylic acids is 3. The summed E-state index contributed by atoms with van der Waals surface area (Å²) in [5.41, 5.74) is 0.200. The zero-order valence-corrected chi connectivity index (χ0v) is 20.4. The molecule has 0 aliphatic heterocycles. The lowest BCUT2D eigenvalue weighted by molar-refractivity contribution is -0.165. The molecule has 0 amide bonds. The molecule has 0 aromatic heterocycles. The molecule has 16 heteroatoms. The van der Waals surface area contributed by atoms with Gasteiger partial charge in [0.25, 0.3) is 0 Å². The molecule has 3 atom stereocenters. The second-order valence-electron chi connectivity index (χ2n) is 5.99. The SMILES string of the molecule is C=C(C)C(=O)OC(C)OP(=O)(O)OC(C)OC(=O)C(=C)C.C=CC(=O)OC(C)OP(=O)(O)O. The largest absolute Gasteiger partial charge is 0.478 e. The third kappa shape index (κ3) is 19.1. The zero-order valence-electron chi connectivity index (χ0n) is 18.7. The predicted octanol–water partition coefficient (Wildman–Crippen LogP) is 2.22. The highest BCUT2D eigenvalue weighted by atomic mass is 31.2.